The van der Waals surface area contributed by atoms with Gasteiger partial charge in [-0.1, -0.05) is 26.1 Å². The number of likely N-dealkylation sites (N-methyl/N-ethyl adjacent to an activating group) is 1. The number of hydrogen-bond acceptors (Lipinski definition) is 3. The zero-order valence-corrected chi connectivity index (χ0v) is 11.8. The van der Waals surface area contributed by atoms with E-state index in [2.05, 4.69) is 18.7 Å². The molecule has 0 spiro atoms. The van der Waals surface area contributed by atoms with Crippen molar-refractivity contribution in [2.24, 2.45) is 11.1 Å². The molecule has 1 aliphatic rings. The van der Waals surface area contributed by atoms with Crippen LogP contribution >= 0.6 is 12.2 Å². The number of hydrogen-bond donors (Lipinski definition) is 1. The van der Waals surface area contributed by atoms with Crippen LogP contribution in [0.2, 0.25) is 0 Å². The number of nitrogens with two attached hydrogens (primary N) is 1. The Labute approximate surface area is 109 Å². The van der Waals surface area contributed by atoms with E-state index in [1.54, 1.807) is 4.90 Å². The van der Waals surface area contributed by atoms with Crippen molar-refractivity contribution in [3.05, 3.63) is 0 Å². The molecule has 0 aliphatic carbocycles. The number of amides is 1. The summed E-state index contributed by atoms with van der Waals surface area (Å²) in [6.07, 6.45) is 1.94. The summed E-state index contributed by atoms with van der Waals surface area (Å²) in [4.78, 5) is 16.3. The third kappa shape index (κ3) is 4.24. The van der Waals surface area contributed by atoms with Crippen molar-refractivity contribution in [3.8, 4) is 0 Å². The molecule has 0 saturated carbocycles. The Morgan fingerprint density at radius 3 is 2.71 bits per heavy atom. The van der Waals surface area contributed by atoms with E-state index in [0.29, 0.717) is 11.5 Å². The molecule has 4 nitrogen and oxygen atoms in total. The van der Waals surface area contributed by atoms with Gasteiger partial charge in [0.1, 0.15) is 0 Å². The highest BCUT2D eigenvalue weighted by molar-refractivity contribution is 7.80. The summed E-state index contributed by atoms with van der Waals surface area (Å²) in [7, 11) is 1.87. The van der Waals surface area contributed by atoms with Crippen LogP contribution in [0.1, 0.15) is 26.7 Å². The third-order valence-electron chi connectivity index (χ3n) is 3.47. The summed E-state index contributed by atoms with van der Waals surface area (Å²) in [5.41, 5.74) is 5.58. The Balaban J connectivity index is 2.47. The van der Waals surface area contributed by atoms with Crippen LogP contribution in [0.4, 0.5) is 0 Å². The molecule has 1 aliphatic heterocycles. The fourth-order valence-electron chi connectivity index (χ4n) is 1.80. The number of carbonyl (C=O) groups is 1. The monoisotopic (exact) mass is 257 g/mol. The van der Waals surface area contributed by atoms with Gasteiger partial charge in [0.05, 0.1) is 11.5 Å². The van der Waals surface area contributed by atoms with Crippen LogP contribution in [-0.2, 0) is 4.79 Å². The highest BCUT2D eigenvalue weighted by Crippen LogP contribution is 2.21. The minimum atomic E-state index is -0.128. The average molecular weight is 257 g/mol. The number of thiocarbonyl (C=S) groups is 1. The van der Waals surface area contributed by atoms with Crippen molar-refractivity contribution in [2.45, 2.75) is 26.7 Å². The van der Waals surface area contributed by atoms with Gasteiger partial charge < -0.3 is 10.6 Å². The molecule has 0 aromatic rings. The SMILES string of the molecule is CN1CCCN(CCC(C)(C)C(N)=S)CC1=O. The second-order valence-electron chi connectivity index (χ2n) is 5.44. The van der Waals surface area contributed by atoms with E-state index < -0.39 is 0 Å². The lowest BCUT2D eigenvalue weighted by Gasteiger charge is -2.27. The largest absolute Gasteiger partial charge is 0.393 e. The quantitative estimate of drug-likeness (QED) is 0.759. The average Bonchev–Trinajstić information content (AvgIpc) is 2.39. The van der Waals surface area contributed by atoms with Crippen LogP contribution in [0.25, 0.3) is 0 Å². The highest BCUT2D eigenvalue weighted by atomic mass is 32.1. The van der Waals surface area contributed by atoms with Crippen LogP contribution in [0, 0.1) is 5.41 Å². The Bertz CT molecular complexity index is 304. The first-order valence-corrected chi connectivity index (χ1v) is 6.50. The molecule has 1 saturated heterocycles. The number of rotatable bonds is 4. The highest BCUT2D eigenvalue weighted by Gasteiger charge is 2.24. The van der Waals surface area contributed by atoms with Gasteiger partial charge in [-0.3, -0.25) is 9.69 Å². The predicted molar refractivity (Wildman–Crippen MR) is 73.9 cm³/mol. The van der Waals surface area contributed by atoms with E-state index in [9.17, 15) is 4.79 Å². The van der Waals surface area contributed by atoms with Crippen molar-refractivity contribution >= 4 is 23.1 Å². The summed E-state index contributed by atoms with van der Waals surface area (Å²) in [5.74, 6) is 0.204. The molecule has 98 valence electrons. The van der Waals surface area contributed by atoms with Gasteiger partial charge in [0.25, 0.3) is 0 Å². The molecule has 0 bridgehead atoms. The zero-order chi connectivity index (χ0) is 13.1. The van der Waals surface area contributed by atoms with Gasteiger partial charge >= 0.3 is 0 Å². The van der Waals surface area contributed by atoms with Gasteiger partial charge in [0.2, 0.25) is 5.91 Å². The van der Waals surface area contributed by atoms with Gasteiger partial charge in [-0.15, -0.1) is 0 Å². The van der Waals surface area contributed by atoms with Gasteiger partial charge in [-0.25, -0.2) is 0 Å². The number of nitrogens with zero attached hydrogens (tertiary/aromatic N) is 2. The Hall–Kier alpha value is -0.680. The van der Waals surface area contributed by atoms with Crippen LogP contribution < -0.4 is 5.73 Å². The lowest BCUT2D eigenvalue weighted by molar-refractivity contribution is -0.129. The summed E-state index contributed by atoms with van der Waals surface area (Å²) in [6, 6.07) is 0. The minimum Gasteiger partial charge on any atom is -0.393 e. The van der Waals surface area contributed by atoms with Gasteiger partial charge in [0.15, 0.2) is 0 Å². The maximum absolute atomic E-state index is 11.7. The Morgan fingerprint density at radius 2 is 2.12 bits per heavy atom. The third-order valence-corrected chi connectivity index (χ3v) is 4.03. The fraction of sp³-hybridized carbons (Fsp3) is 0.833. The lowest BCUT2D eigenvalue weighted by Crippen LogP contribution is -2.38. The molecule has 0 unspecified atom stereocenters. The molecule has 1 fully saturated rings. The molecule has 1 heterocycles. The van der Waals surface area contributed by atoms with Gasteiger partial charge in [0, 0.05) is 25.6 Å². The predicted octanol–water partition coefficient (Wildman–Crippen LogP) is 0.853. The van der Waals surface area contributed by atoms with Crippen molar-refractivity contribution in [2.75, 3.05) is 33.2 Å². The summed E-state index contributed by atoms with van der Waals surface area (Å²) < 4.78 is 0. The van der Waals surface area contributed by atoms with E-state index in [0.717, 1.165) is 32.5 Å². The van der Waals surface area contributed by atoms with Crippen LogP contribution in [-0.4, -0.2) is 53.9 Å². The van der Waals surface area contributed by atoms with Gasteiger partial charge in [-0.2, -0.15) is 0 Å². The Morgan fingerprint density at radius 1 is 1.47 bits per heavy atom. The van der Waals surface area contributed by atoms with E-state index in [4.69, 9.17) is 18.0 Å². The molecule has 0 atom stereocenters. The lowest BCUT2D eigenvalue weighted by atomic mass is 9.89. The van der Waals surface area contributed by atoms with Crippen LogP contribution in [0.3, 0.4) is 0 Å². The van der Waals surface area contributed by atoms with Crippen LogP contribution in [0.15, 0.2) is 0 Å². The molecule has 17 heavy (non-hydrogen) atoms. The molecule has 1 rings (SSSR count). The first kappa shape index (κ1) is 14.4. The smallest absolute Gasteiger partial charge is 0.236 e. The Kier molecular flexibility index (Phi) is 4.89. The fourth-order valence-corrected chi connectivity index (χ4v) is 1.90. The molecule has 5 heteroatoms. The van der Waals surface area contributed by atoms with Crippen molar-refractivity contribution < 1.29 is 4.79 Å². The van der Waals surface area contributed by atoms with Crippen molar-refractivity contribution in [1.29, 1.82) is 0 Å². The maximum Gasteiger partial charge on any atom is 0.236 e. The molecular formula is C12H23N3OS. The minimum absolute atomic E-state index is 0.128. The molecule has 2 N–H and O–H groups in total. The molecule has 0 aromatic heterocycles. The van der Waals surface area contributed by atoms with E-state index in [1.165, 1.54) is 0 Å². The number of carbonyl (C=O) groups excluding carboxylic acids is 1. The summed E-state index contributed by atoms with van der Waals surface area (Å²) in [5, 5.41) is 0. The van der Waals surface area contributed by atoms with E-state index in [1.807, 2.05) is 7.05 Å². The standard InChI is InChI=1S/C12H23N3OS/c1-12(2,11(13)17)5-8-15-7-4-6-14(3)10(16)9-15/h4-9H2,1-3H3,(H2,13,17). The summed E-state index contributed by atoms with van der Waals surface area (Å²) in [6.45, 7) is 7.34. The van der Waals surface area contributed by atoms with Crippen molar-refractivity contribution in [1.82, 2.24) is 9.80 Å². The topological polar surface area (TPSA) is 49.6 Å². The zero-order valence-electron chi connectivity index (χ0n) is 11.0. The first-order chi connectivity index (χ1) is 7.83. The second-order valence-corrected chi connectivity index (χ2v) is 5.88. The summed E-state index contributed by atoms with van der Waals surface area (Å²) >= 11 is 5.05. The van der Waals surface area contributed by atoms with E-state index in [-0.39, 0.29) is 11.3 Å². The molecule has 1 amide bonds. The second kappa shape index (κ2) is 5.78. The molecule has 0 radical (unpaired) electrons. The normalized spacial score (nSPS) is 19.2. The molecule has 0 aromatic carbocycles. The van der Waals surface area contributed by atoms with Gasteiger partial charge in [-0.05, 0) is 19.4 Å². The van der Waals surface area contributed by atoms with Crippen LogP contribution in [0.5, 0.6) is 0 Å². The molecular weight excluding hydrogens is 234 g/mol. The van der Waals surface area contributed by atoms with Crippen molar-refractivity contribution in [3.63, 3.8) is 0 Å². The first-order valence-electron chi connectivity index (χ1n) is 6.09. The maximum atomic E-state index is 11.7. The van der Waals surface area contributed by atoms with E-state index >= 15 is 0 Å².